The van der Waals surface area contributed by atoms with Gasteiger partial charge in [0.15, 0.2) is 0 Å². The number of hydrogen-bond donors (Lipinski definition) is 1. The summed E-state index contributed by atoms with van der Waals surface area (Å²) in [6, 6.07) is 11.0. The van der Waals surface area contributed by atoms with Crippen LogP contribution in [0, 0.1) is 0 Å². The van der Waals surface area contributed by atoms with Crippen molar-refractivity contribution in [3.63, 3.8) is 0 Å². The van der Waals surface area contributed by atoms with Crippen molar-refractivity contribution in [3.8, 4) is 5.75 Å². The fraction of sp³-hybridized carbons (Fsp3) is 0.167. The molecule has 0 unspecified atom stereocenters. The number of anilines is 1. The molecule has 0 saturated carbocycles. The van der Waals surface area contributed by atoms with E-state index in [-0.39, 0.29) is 5.91 Å². The fourth-order valence-electron chi connectivity index (χ4n) is 2.21. The van der Waals surface area contributed by atoms with E-state index in [1.54, 1.807) is 18.2 Å². The molecule has 0 spiro atoms. The SMILES string of the molecule is CCc1ccccc1NC(=O)C=Cc1cc(Cl)cc(Cl)c1OC. The number of hydrogen-bond acceptors (Lipinski definition) is 2. The molecule has 0 heterocycles. The molecule has 2 aromatic rings. The summed E-state index contributed by atoms with van der Waals surface area (Å²) < 4.78 is 5.24. The normalized spacial score (nSPS) is 10.8. The van der Waals surface area contributed by atoms with Crippen molar-refractivity contribution in [2.75, 3.05) is 12.4 Å². The second-order valence-corrected chi connectivity index (χ2v) is 5.69. The van der Waals surface area contributed by atoms with E-state index in [1.165, 1.54) is 13.2 Å². The number of rotatable bonds is 5. The standard InChI is InChI=1S/C18H17Cl2NO2/c1-3-12-6-4-5-7-16(12)21-17(22)9-8-13-10-14(19)11-15(20)18(13)23-2/h4-11H,3H2,1-2H3,(H,21,22). The van der Waals surface area contributed by atoms with Crippen LogP contribution in [0.15, 0.2) is 42.5 Å². The minimum absolute atomic E-state index is 0.232. The number of nitrogens with one attached hydrogen (secondary N) is 1. The maximum absolute atomic E-state index is 12.1. The van der Waals surface area contributed by atoms with Gasteiger partial charge in [-0.15, -0.1) is 0 Å². The lowest BCUT2D eigenvalue weighted by atomic mass is 10.1. The predicted molar refractivity (Wildman–Crippen MR) is 96.5 cm³/mol. The highest BCUT2D eigenvalue weighted by Gasteiger charge is 2.08. The van der Waals surface area contributed by atoms with E-state index in [4.69, 9.17) is 27.9 Å². The van der Waals surface area contributed by atoms with Gasteiger partial charge in [-0.3, -0.25) is 4.79 Å². The second kappa shape index (κ2) is 8.04. The Hall–Kier alpha value is -1.97. The van der Waals surface area contributed by atoms with Crippen LogP contribution in [0.1, 0.15) is 18.1 Å². The van der Waals surface area contributed by atoms with E-state index >= 15 is 0 Å². The van der Waals surface area contributed by atoms with E-state index < -0.39 is 0 Å². The fourth-order valence-corrected chi connectivity index (χ4v) is 2.80. The molecule has 120 valence electrons. The van der Waals surface area contributed by atoms with Crippen molar-refractivity contribution in [1.82, 2.24) is 0 Å². The zero-order chi connectivity index (χ0) is 16.8. The molecule has 23 heavy (non-hydrogen) atoms. The zero-order valence-corrected chi connectivity index (χ0v) is 14.4. The molecule has 0 aliphatic heterocycles. The van der Waals surface area contributed by atoms with Crippen molar-refractivity contribution in [1.29, 1.82) is 0 Å². The average Bonchev–Trinajstić information content (AvgIpc) is 2.53. The number of carbonyl (C=O) groups is 1. The number of para-hydroxylation sites is 1. The van der Waals surface area contributed by atoms with Gasteiger partial charge in [0.1, 0.15) is 5.75 Å². The first-order valence-corrected chi connectivity index (χ1v) is 7.90. The van der Waals surface area contributed by atoms with Crippen LogP contribution >= 0.6 is 23.2 Å². The van der Waals surface area contributed by atoms with Gasteiger partial charge in [-0.1, -0.05) is 48.3 Å². The number of carbonyl (C=O) groups excluding carboxylic acids is 1. The predicted octanol–water partition coefficient (Wildman–Crippen LogP) is 5.22. The van der Waals surface area contributed by atoms with Crippen LogP contribution in [0.2, 0.25) is 10.0 Å². The Bertz CT molecular complexity index is 742. The third-order valence-corrected chi connectivity index (χ3v) is 3.81. The van der Waals surface area contributed by atoms with Gasteiger partial charge >= 0.3 is 0 Å². The molecular formula is C18H17Cl2NO2. The Morgan fingerprint density at radius 2 is 2.00 bits per heavy atom. The number of halogens is 2. The lowest BCUT2D eigenvalue weighted by molar-refractivity contribution is -0.111. The van der Waals surface area contributed by atoms with E-state index in [0.717, 1.165) is 17.7 Å². The van der Waals surface area contributed by atoms with Crippen LogP contribution in [-0.2, 0) is 11.2 Å². The van der Waals surface area contributed by atoms with Crippen LogP contribution < -0.4 is 10.1 Å². The lowest BCUT2D eigenvalue weighted by Crippen LogP contribution is -2.09. The Labute approximate surface area is 145 Å². The Morgan fingerprint density at radius 1 is 1.26 bits per heavy atom. The van der Waals surface area contributed by atoms with Crippen molar-refractivity contribution in [3.05, 3.63) is 63.6 Å². The van der Waals surface area contributed by atoms with Crippen LogP contribution in [0.3, 0.4) is 0 Å². The van der Waals surface area contributed by atoms with E-state index in [2.05, 4.69) is 5.32 Å². The van der Waals surface area contributed by atoms with Gasteiger partial charge in [0.2, 0.25) is 5.91 Å². The van der Waals surface area contributed by atoms with Gasteiger partial charge in [0.25, 0.3) is 0 Å². The first-order valence-electron chi connectivity index (χ1n) is 7.15. The molecule has 5 heteroatoms. The van der Waals surface area contributed by atoms with Crippen molar-refractivity contribution >= 4 is 40.9 Å². The third kappa shape index (κ3) is 4.50. The molecule has 0 aliphatic rings. The molecule has 3 nitrogen and oxygen atoms in total. The maximum atomic E-state index is 12.1. The molecule has 2 rings (SSSR count). The highest BCUT2D eigenvalue weighted by atomic mass is 35.5. The summed E-state index contributed by atoms with van der Waals surface area (Å²) in [5.41, 5.74) is 2.53. The summed E-state index contributed by atoms with van der Waals surface area (Å²) in [4.78, 5) is 12.1. The summed E-state index contributed by atoms with van der Waals surface area (Å²) in [5, 5.41) is 3.74. The minimum Gasteiger partial charge on any atom is -0.495 e. The number of methoxy groups -OCH3 is 1. The van der Waals surface area contributed by atoms with Crippen LogP contribution in [-0.4, -0.2) is 13.0 Å². The van der Waals surface area contributed by atoms with E-state index in [0.29, 0.717) is 21.4 Å². The molecule has 0 fully saturated rings. The second-order valence-electron chi connectivity index (χ2n) is 4.84. The van der Waals surface area contributed by atoms with Crippen molar-refractivity contribution in [2.45, 2.75) is 13.3 Å². The van der Waals surface area contributed by atoms with E-state index in [1.807, 2.05) is 31.2 Å². The number of amides is 1. The van der Waals surface area contributed by atoms with E-state index in [9.17, 15) is 4.79 Å². The summed E-state index contributed by atoms with van der Waals surface area (Å²) in [6.07, 6.45) is 3.90. The number of ether oxygens (including phenoxy) is 1. The van der Waals surface area contributed by atoms with Gasteiger partial charge in [-0.05, 0) is 36.3 Å². The van der Waals surface area contributed by atoms with Crippen molar-refractivity contribution in [2.24, 2.45) is 0 Å². The highest BCUT2D eigenvalue weighted by Crippen LogP contribution is 2.33. The Kier molecular flexibility index (Phi) is 6.08. The number of aryl methyl sites for hydroxylation is 1. The molecule has 1 N–H and O–H groups in total. The molecule has 1 amide bonds. The smallest absolute Gasteiger partial charge is 0.248 e. The zero-order valence-electron chi connectivity index (χ0n) is 12.9. The summed E-state index contributed by atoms with van der Waals surface area (Å²) in [6.45, 7) is 2.04. The average molecular weight is 350 g/mol. The lowest BCUT2D eigenvalue weighted by Gasteiger charge is -2.09. The Morgan fingerprint density at radius 3 is 2.70 bits per heavy atom. The first-order chi connectivity index (χ1) is 11.0. The molecule has 2 aromatic carbocycles. The third-order valence-electron chi connectivity index (χ3n) is 3.31. The van der Waals surface area contributed by atoms with Gasteiger partial charge in [0, 0.05) is 22.3 Å². The molecule has 0 bridgehead atoms. The molecule has 0 aliphatic carbocycles. The van der Waals surface area contributed by atoms with Crippen LogP contribution in [0.25, 0.3) is 6.08 Å². The van der Waals surface area contributed by atoms with Gasteiger partial charge in [-0.25, -0.2) is 0 Å². The number of benzene rings is 2. The van der Waals surface area contributed by atoms with Crippen LogP contribution in [0.5, 0.6) is 5.75 Å². The summed E-state index contributed by atoms with van der Waals surface area (Å²) >= 11 is 12.1. The summed E-state index contributed by atoms with van der Waals surface area (Å²) in [5.74, 6) is 0.248. The van der Waals surface area contributed by atoms with Gasteiger partial charge in [0.05, 0.1) is 12.1 Å². The molecule has 0 saturated heterocycles. The monoisotopic (exact) mass is 349 g/mol. The molecule has 0 aromatic heterocycles. The topological polar surface area (TPSA) is 38.3 Å². The highest BCUT2D eigenvalue weighted by molar-refractivity contribution is 6.36. The Balaban J connectivity index is 2.19. The van der Waals surface area contributed by atoms with Crippen LogP contribution in [0.4, 0.5) is 5.69 Å². The summed E-state index contributed by atoms with van der Waals surface area (Å²) in [7, 11) is 1.52. The van der Waals surface area contributed by atoms with Gasteiger partial charge < -0.3 is 10.1 Å². The minimum atomic E-state index is -0.232. The molecule has 0 atom stereocenters. The quantitative estimate of drug-likeness (QED) is 0.751. The molecular weight excluding hydrogens is 333 g/mol. The largest absolute Gasteiger partial charge is 0.495 e. The molecule has 0 radical (unpaired) electrons. The maximum Gasteiger partial charge on any atom is 0.248 e. The first kappa shape index (κ1) is 17.4. The van der Waals surface area contributed by atoms with Gasteiger partial charge in [-0.2, -0.15) is 0 Å². The van der Waals surface area contributed by atoms with Crippen molar-refractivity contribution < 1.29 is 9.53 Å².